The third kappa shape index (κ3) is 12.8. The van der Waals surface area contributed by atoms with Gasteiger partial charge in [-0.05, 0) is 10.8 Å². The molecule has 0 spiro atoms. The predicted octanol–water partition coefficient (Wildman–Crippen LogP) is 2.10. The fraction of sp³-hybridized carbons (Fsp3) is 0.400. The summed E-state index contributed by atoms with van der Waals surface area (Å²) in [6, 6.07) is 0. The molecule has 0 atom stereocenters. The Kier molecular flexibility index (Phi) is 11.7. The Balaban J connectivity index is 0.000000196. The Labute approximate surface area is 94.8 Å². The Morgan fingerprint density at radius 3 is 1.53 bits per heavy atom. The number of nitrogens with zero attached hydrogens (tertiary/aromatic N) is 2. The molecule has 2 aliphatic heterocycles. The summed E-state index contributed by atoms with van der Waals surface area (Å²) in [5.41, 5.74) is 0. The molecule has 84 valence electrons. The van der Waals surface area contributed by atoms with E-state index in [4.69, 9.17) is 0 Å². The van der Waals surface area contributed by atoms with Crippen molar-refractivity contribution in [3.8, 4) is 0 Å². The molecule has 0 bridgehead atoms. The lowest BCUT2D eigenvalue weighted by atomic mass is 10.8. The van der Waals surface area contributed by atoms with Gasteiger partial charge in [-0.25, -0.2) is 0 Å². The van der Waals surface area contributed by atoms with E-state index >= 15 is 0 Å². The van der Waals surface area contributed by atoms with E-state index in [0.29, 0.717) is 0 Å². The standard InChI is InChI=1S/C4H6S.2C3H5NO/c1-3-5-4-2;2*1-2-5-3-4-1/h3-4H,1-2H2;2*3H,1-2H2. The van der Waals surface area contributed by atoms with E-state index in [1.54, 1.807) is 10.8 Å². The van der Waals surface area contributed by atoms with E-state index in [9.17, 15) is 0 Å². The molecule has 2 rings (SSSR count). The monoisotopic (exact) mass is 228 g/mol. The van der Waals surface area contributed by atoms with E-state index in [2.05, 4.69) is 32.6 Å². The summed E-state index contributed by atoms with van der Waals surface area (Å²) in [4.78, 5) is 7.47. The van der Waals surface area contributed by atoms with Crippen LogP contribution in [0.25, 0.3) is 0 Å². The van der Waals surface area contributed by atoms with E-state index in [1.807, 2.05) is 0 Å². The molecular weight excluding hydrogens is 212 g/mol. The number of thioether (sulfide) groups is 1. The fourth-order valence-corrected chi connectivity index (χ4v) is 0.731. The van der Waals surface area contributed by atoms with Crippen LogP contribution in [-0.4, -0.2) is 39.1 Å². The van der Waals surface area contributed by atoms with Crippen LogP contribution in [0.3, 0.4) is 0 Å². The molecule has 0 unspecified atom stereocenters. The van der Waals surface area contributed by atoms with Crippen LogP contribution in [0.4, 0.5) is 0 Å². The Morgan fingerprint density at radius 2 is 1.47 bits per heavy atom. The van der Waals surface area contributed by atoms with Crippen molar-refractivity contribution in [2.75, 3.05) is 26.3 Å². The summed E-state index contributed by atoms with van der Waals surface area (Å²) in [6.45, 7) is 10.1. The van der Waals surface area contributed by atoms with Crippen LogP contribution >= 0.6 is 11.8 Å². The average molecular weight is 228 g/mol. The zero-order chi connectivity index (χ0) is 11.2. The lowest BCUT2D eigenvalue weighted by Gasteiger charge is -1.76. The molecule has 0 aromatic heterocycles. The molecule has 0 saturated heterocycles. The topological polar surface area (TPSA) is 43.2 Å². The molecule has 0 aromatic rings. The van der Waals surface area contributed by atoms with Crippen LogP contribution in [0.5, 0.6) is 0 Å². The van der Waals surface area contributed by atoms with Gasteiger partial charge in [-0.2, -0.15) is 0 Å². The highest BCUT2D eigenvalue weighted by Crippen LogP contribution is 1.96. The van der Waals surface area contributed by atoms with Crippen LogP contribution in [0.1, 0.15) is 0 Å². The van der Waals surface area contributed by atoms with Crippen molar-refractivity contribution in [1.29, 1.82) is 0 Å². The average Bonchev–Trinajstić information content (AvgIpc) is 2.99. The van der Waals surface area contributed by atoms with E-state index in [1.165, 1.54) is 24.6 Å². The third-order valence-electron chi connectivity index (χ3n) is 1.17. The van der Waals surface area contributed by atoms with Crippen LogP contribution < -0.4 is 0 Å². The number of rotatable bonds is 2. The zero-order valence-corrected chi connectivity index (χ0v) is 9.49. The summed E-state index contributed by atoms with van der Waals surface area (Å²) >= 11 is 1.49. The molecule has 0 aromatic carbocycles. The fourth-order valence-electron chi connectivity index (χ4n) is 0.595. The lowest BCUT2D eigenvalue weighted by molar-refractivity contribution is 0.361. The molecule has 15 heavy (non-hydrogen) atoms. The van der Waals surface area contributed by atoms with Crippen molar-refractivity contribution >= 4 is 24.6 Å². The van der Waals surface area contributed by atoms with Crippen LogP contribution in [0, 0.1) is 0 Å². The number of ether oxygens (including phenoxy) is 2. The molecule has 0 aliphatic carbocycles. The second-order valence-corrected chi connectivity index (χ2v) is 3.17. The summed E-state index contributed by atoms with van der Waals surface area (Å²) in [7, 11) is 0. The first kappa shape index (κ1) is 13.8. The van der Waals surface area contributed by atoms with Crippen molar-refractivity contribution in [1.82, 2.24) is 0 Å². The highest BCUT2D eigenvalue weighted by Gasteiger charge is 1.85. The second kappa shape index (κ2) is 12.8. The van der Waals surface area contributed by atoms with Crippen LogP contribution in [-0.2, 0) is 9.47 Å². The van der Waals surface area contributed by atoms with Crippen molar-refractivity contribution in [3.63, 3.8) is 0 Å². The molecule has 0 amide bonds. The van der Waals surface area contributed by atoms with Gasteiger partial charge in [-0.1, -0.05) is 13.2 Å². The van der Waals surface area contributed by atoms with Gasteiger partial charge in [0.15, 0.2) is 12.8 Å². The molecular formula is C10H16N2O2S. The first-order valence-electron chi connectivity index (χ1n) is 4.49. The number of hydrogen-bond donors (Lipinski definition) is 0. The summed E-state index contributed by atoms with van der Waals surface area (Å²) in [6.07, 6.45) is 2.97. The largest absolute Gasteiger partial charge is 0.482 e. The molecule has 0 saturated carbocycles. The van der Waals surface area contributed by atoms with E-state index in [0.717, 1.165) is 26.3 Å². The molecule has 0 fully saturated rings. The van der Waals surface area contributed by atoms with Gasteiger partial charge in [-0.3, -0.25) is 9.98 Å². The normalized spacial score (nSPS) is 14.9. The Bertz CT molecular complexity index is 183. The summed E-state index contributed by atoms with van der Waals surface area (Å²) in [5, 5.41) is 3.46. The molecule has 0 N–H and O–H groups in total. The first-order valence-corrected chi connectivity index (χ1v) is 5.43. The van der Waals surface area contributed by atoms with Gasteiger partial charge in [0, 0.05) is 0 Å². The SMILES string of the molecule is C1=NCCO1.C1=NCCO1.C=CSC=C. The van der Waals surface area contributed by atoms with Gasteiger partial charge < -0.3 is 9.47 Å². The van der Waals surface area contributed by atoms with Gasteiger partial charge in [0.2, 0.25) is 0 Å². The maximum Gasteiger partial charge on any atom is 0.169 e. The minimum Gasteiger partial charge on any atom is -0.482 e. The molecule has 2 aliphatic rings. The quantitative estimate of drug-likeness (QED) is 0.727. The van der Waals surface area contributed by atoms with Gasteiger partial charge in [-0.15, -0.1) is 11.8 Å². The van der Waals surface area contributed by atoms with Crippen molar-refractivity contribution in [2.45, 2.75) is 0 Å². The van der Waals surface area contributed by atoms with Gasteiger partial charge in [0.05, 0.1) is 13.1 Å². The Morgan fingerprint density at radius 1 is 1.00 bits per heavy atom. The van der Waals surface area contributed by atoms with Crippen LogP contribution in [0.2, 0.25) is 0 Å². The zero-order valence-electron chi connectivity index (χ0n) is 8.67. The molecule has 4 nitrogen and oxygen atoms in total. The van der Waals surface area contributed by atoms with E-state index < -0.39 is 0 Å². The van der Waals surface area contributed by atoms with Gasteiger partial charge in [0.25, 0.3) is 0 Å². The van der Waals surface area contributed by atoms with Gasteiger partial charge >= 0.3 is 0 Å². The molecule has 0 radical (unpaired) electrons. The minimum absolute atomic E-state index is 0.778. The predicted molar refractivity (Wildman–Crippen MR) is 66.6 cm³/mol. The highest BCUT2D eigenvalue weighted by molar-refractivity contribution is 8.04. The first-order chi connectivity index (χ1) is 7.41. The third-order valence-corrected chi connectivity index (χ3v) is 1.55. The number of aliphatic imine (C=N–C) groups is 2. The van der Waals surface area contributed by atoms with Crippen molar-refractivity contribution < 1.29 is 9.47 Å². The smallest absolute Gasteiger partial charge is 0.169 e. The highest BCUT2D eigenvalue weighted by atomic mass is 32.2. The van der Waals surface area contributed by atoms with Crippen molar-refractivity contribution in [3.05, 3.63) is 24.0 Å². The Hall–Kier alpha value is -1.23. The minimum atomic E-state index is 0.778. The van der Waals surface area contributed by atoms with Gasteiger partial charge in [0.1, 0.15) is 13.2 Å². The maximum absolute atomic E-state index is 4.65. The number of hydrogen-bond acceptors (Lipinski definition) is 5. The van der Waals surface area contributed by atoms with Crippen molar-refractivity contribution in [2.24, 2.45) is 9.98 Å². The second-order valence-electron chi connectivity index (χ2n) is 2.23. The lowest BCUT2D eigenvalue weighted by Crippen LogP contribution is -1.80. The maximum atomic E-state index is 4.65. The van der Waals surface area contributed by atoms with Crippen LogP contribution in [0.15, 0.2) is 34.0 Å². The summed E-state index contributed by atoms with van der Waals surface area (Å²) in [5.74, 6) is 0. The molecule has 2 heterocycles. The molecule has 5 heteroatoms. The summed E-state index contributed by atoms with van der Waals surface area (Å²) < 4.78 is 9.31. The van der Waals surface area contributed by atoms with E-state index in [-0.39, 0.29) is 0 Å².